The van der Waals surface area contributed by atoms with Gasteiger partial charge in [0.15, 0.2) is 0 Å². The first kappa shape index (κ1) is 36.1. The summed E-state index contributed by atoms with van der Waals surface area (Å²) in [5.74, 6) is 1.10. The van der Waals surface area contributed by atoms with Gasteiger partial charge in [-0.15, -0.1) is 0 Å². The summed E-state index contributed by atoms with van der Waals surface area (Å²) in [4.78, 5) is 23.9. The quantitative estimate of drug-likeness (QED) is 0.104. The van der Waals surface area contributed by atoms with Crippen molar-refractivity contribution in [3.05, 3.63) is 77.4 Å². The molecule has 2 aromatic rings. The molecule has 0 unspecified atom stereocenters. The van der Waals surface area contributed by atoms with Gasteiger partial charge < -0.3 is 24.4 Å². The third-order valence-corrected chi connectivity index (χ3v) is 8.61. The summed E-state index contributed by atoms with van der Waals surface area (Å²) >= 11 is 0. The largest absolute Gasteiger partial charge is 0.493 e. The van der Waals surface area contributed by atoms with E-state index in [2.05, 4.69) is 56.5 Å². The molecule has 0 bridgehead atoms. The third-order valence-electron chi connectivity index (χ3n) is 8.61. The van der Waals surface area contributed by atoms with Crippen LogP contribution in [0.3, 0.4) is 0 Å². The molecule has 3 rings (SSSR count). The SMILES string of the molecule is C=C(C)C(=O)OCCCc1cc(-c2ccc(C3CCC(C)CC3)cc2)cc(CCCOC(=O)C(=C)C)c1OCCC(CO)CO. The molecule has 0 atom stereocenters. The Morgan fingerprint density at radius 2 is 1.31 bits per heavy atom. The van der Waals surface area contributed by atoms with E-state index in [4.69, 9.17) is 14.2 Å². The Bertz CT molecular complexity index is 1210. The monoisotopic (exact) mass is 620 g/mol. The second-order valence-electron chi connectivity index (χ2n) is 12.6. The first-order valence-electron chi connectivity index (χ1n) is 16.4. The molecule has 0 radical (unpaired) electrons. The molecular weight excluding hydrogens is 568 g/mol. The summed E-state index contributed by atoms with van der Waals surface area (Å²) in [7, 11) is 0. The van der Waals surface area contributed by atoms with Gasteiger partial charge in [-0.2, -0.15) is 0 Å². The molecule has 1 aliphatic rings. The van der Waals surface area contributed by atoms with Crippen LogP contribution >= 0.6 is 0 Å². The highest BCUT2D eigenvalue weighted by Gasteiger charge is 2.20. The molecule has 246 valence electrons. The van der Waals surface area contributed by atoms with Crippen molar-refractivity contribution in [1.82, 2.24) is 0 Å². The van der Waals surface area contributed by atoms with Gasteiger partial charge in [0.1, 0.15) is 5.75 Å². The van der Waals surface area contributed by atoms with E-state index in [0.29, 0.717) is 55.8 Å². The highest BCUT2D eigenvalue weighted by atomic mass is 16.5. The van der Waals surface area contributed by atoms with Gasteiger partial charge in [-0.1, -0.05) is 57.2 Å². The molecule has 7 nitrogen and oxygen atoms in total. The summed E-state index contributed by atoms with van der Waals surface area (Å²) in [5, 5.41) is 19.1. The predicted molar refractivity (Wildman–Crippen MR) is 178 cm³/mol. The number of aliphatic hydroxyl groups excluding tert-OH is 2. The molecule has 0 saturated heterocycles. The maximum Gasteiger partial charge on any atom is 0.333 e. The lowest BCUT2D eigenvalue weighted by Crippen LogP contribution is -2.16. The highest BCUT2D eigenvalue weighted by Crippen LogP contribution is 2.37. The van der Waals surface area contributed by atoms with Crippen LogP contribution in [0.15, 0.2) is 60.7 Å². The van der Waals surface area contributed by atoms with Gasteiger partial charge in [-0.3, -0.25) is 0 Å². The minimum atomic E-state index is -0.406. The molecule has 0 aromatic heterocycles. The molecule has 1 aliphatic carbocycles. The molecule has 7 heteroatoms. The lowest BCUT2D eigenvalue weighted by molar-refractivity contribution is -0.139. The highest BCUT2D eigenvalue weighted by molar-refractivity contribution is 5.87. The molecule has 2 aromatic carbocycles. The standard InChI is InChI=1S/C38H52O7/c1-26(2)37(41)44-19-6-8-33-22-35(32-16-14-31(15-17-32)30-12-10-28(5)11-13-30)23-34(9-7-20-45-38(42)27(3)4)36(33)43-21-18-29(24-39)25-40/h14-17,22-23,28-30,39-40H,1,3,6-13,18-21,24-25H2,2,4-5H3. The molecule has 1 fully saturated rings. The van der Waals surface area contributed by atoms with Crippen LogP contribution in [-0.2, 0) is 31.9 Å². The minimum absolute atomic E-state index is 0.115. The number of rotatable bonds is 18. The molecule has 45 heavy (non-hydrogen) atoms. The van der Waals surface area contributed by atoms with Crippen LogP contribution in [0.1, 0.15) is 88.3 Å². The van der Waals surface area contributed by atoms with Gasteiger partial charge in [0.25, 0.3) is 0 Å². The van der Waals surface area contributed by atoms with Crippen LogP contribution in [0.25, 0.3) is 11.1 Å². The van der Waals surface area contributed by atoms with Crippen molar-refractivity contribution in [2.75, 3.05) is 33.0 Å². The number of hydrogen-bond donors (Lipinski definition) is 2. The molecule has 0 aliphatic heterocycles. The maximum atomic E-state index is 11.9. The fourth-order valence-corrected chi connectivity index (χ4v) is 5.69. The van der Waals surface area contributed by atoms with Gasteiger partial charge in [-0.05, 0) is 111 Å². The fraction of sp³-hybridized carbons (Fsp3) is 0.526. The van der Waals surface area contributed by atoms with E-state index < -0.39 is 11.9 Å². The fourth-order valence-electron chi connectivity index (χ4n) is 5.69. The zero-order chi connectivity index (χ0) is 32.8. The molecule has 0 spiro atoms. The summed E-state index contributed by atoms with van der Waals surface area (Å²) in [6.07, 6.45) is 7.97. The van der Waals surface area contributed by atoms with Crippen LogP contribution in [-0.4, -0.2) is 55.2 Å². The summed E-state index contributed by atoms with van der Waals surface area (Å²) in [6, 6.07) is 13.2. The molecule has 0 amide bonds. The Hall–Kier alpha value is -3.42. The topological polar surface area (TPSA) is 102 Å². The van der Waals surface area contributed by atoms with E-state index in [9.17, 15) is 19.8 Å². The number of carbonyl (C=O) groups is 2. The number of benzene rings is 2. The van der Waals surface area contributed by atoms with E-state index in [1.807, 2.05) is 0 Å². The Kier molecular flexibility index (Phi) is 14.8. The summed E-state index contributed by atoms with van der Waals surface area (Å²) in [5.41, 5.74) is 6.28. The number of aryl methyl sites for hydroxylation is 2. The normalized spacial score (nSPS) is 16.3. The van der Waals surface area contributed by atoms with E-state index in [1.165, 1.54) is 31.2 Å². The van der Waals surface area contributed by atoms with E-state index in [1.54, 1.807) is 13.8 Å². The second kappa shape index (κ2) is 18.5. The van der Waals surface area contributed by atoms with Crippen molar-refractivity contribution in [1.29, 1.82) is 0 Å². The molecule has 1 saturated carbocycles. The average molecular weight is 621 g/mol. The van der Waals surface area contributed by atoms with E-state index >= 15 is 0 Å². The minimum Gasteiger partial charge on any atom is -0.493 e. The Morgan fingerprint density at radius 3 is 1.78 bits per heavy atom. The number of carbonyl (C=O) groups excluding carboxylic acids is 2. The number of aliphatic hydroxyl groups is 2. The summed E-state index contributed by atoms with van der Waals surface area (Å²) in [6.45, 7) is 13.5. The number of ether oxygens (including phenoxy) is 3. The first-order chi connectivity index (χ1) is 21.6. The van der Waals surface area contributed by atoms with Gasteiger partial charge in [-0.25, -0.2) is 9.59 Å². The number of hydrogen-bond acceptors (Lipinski definition) is 7. The van der Waals surface area contributed by atoms with Crippen LogP contribution < -0.4 is 4.74 Å². The smallest absolute Gasteiger partial charge is 0.333 e. The van der Waals surface area contributed by atoms with Gasteiger partial charge >= 0.3 is 11.9 Å². The van der Waals surface area contributed by atoms with Crippen molar-refractivity contribution in [2.24, 2.45) is 11.8 Å². The van der Waals surface area contributed by atoms with Crippen LogP contribution in [0.2, 0.25) is 0 Å². The zero-order valence-corrected chi connectivity index (χ0v) is 27.4. The molecule has 2 N–H and O–H groups in total. The molecular formula is C38H52O7. The second-order valence-corrected chi connectivity index (χ2v) is 12.6. The van der Waals surface area contributed by atoms with E-state index in [0.717, 1.165) is 33.9 Å². The lowest BCUT2D eigenvalue weighted by atomic mass is 9.79. The van der Waals surface area contributed by atoms with Crippen molar-refractivity contribution in [2.45, 2.75) is 84.5 Å². The van der Waals surface area contributed by atoms with Crippen molar-refractivity contribution < 1.29 is 34.0 Å². The van der Waals surface area contributed by atoms with E-state index in [-0.39, 0.29) is 32.3 Å². The first-order valence-corrected chi connectivity index (χ1v) is 16.4. The predicted octanol–water partition coefficient (Wildman–Crippen LogP) is 7.12. The van der Waals surface area contributed by atoms with Crippen molar-refractivity contribution in [3.63, 3.8) is 0 Å². The molecule has 0 heterocycles. The Balaban J connectivity index is 1.90. The lowest BCUT2D eigenvalue weighted by Gasteiger charge is -2.26. The van der Waals surface area contributed by atoms with Gasteiger partial charge in [0, 0.05) is 30.3 Å². The average Bonchev–Trinajstić information content (AvgIpc) is 3.04. The van der Waals surface area contributed by atoms with Crippen LogP contribution in [0, 0.1) is 11.8 Å². The van der Waals surface area contributed by atoms with Crippen LogP contribution in [0.4, 0.5) is 0 Å². The zero-order valence-electron chi connectivity index (χ0n) is 27.4. The number of esters is 2. The summed E-state index contributed by atoms with van der Waals surface area (Å²) < 4.78 is 17.1. The van der Waals surface area contributed by atoms with Gasteiger partial charge in [0.2, 0.25) is 0 Å². The maximum absolute atomic E-state index is 11.9. The van der Waals surface area contributed by atoms with Crippen LogP contribution in [0.5, 0.6) is 5.75 Å². The Labute approximate surface area is 269 Å². The Morgan fingerprint density at radius 1 is 0.800 bits per heavy atom. The van der Waals surface area contributed by atoms with Crippen molar-refractivity contribution in [3.8, 4) is 16.9 Å². The van der Waals surface area contributed by atoms with Crippen molar-refractivity contribution >= 4 is 11.9 Å². The third kappa shape index (κ3) is 11.5. The van der Waals surface area contributed by atoms with Gasteiger partial charge in [0.05, 0.1) is 19.8 Å².